The number of halogens is 2. The maximum Gasteiger partial charge on any atom is 0.310 e. The molecule has 0 unspecified atom stereocenters. The van der Waals surface area contributed by atoms with Crippen molar-refractivity contribution in [3.63, 3.8) is 0 Å². The van der Waals surface area contributed by atoms with Crippen molar-refractivity contribution in [1.29, 1.82) is 0 Å². The van der Waals surface area contributed by atoms with Crippen molar-refractivity contribution in [3.8, 4) is 5.75 Å². The van der Waals surface area contributed by atoms with Crippen molar-refractivity contribution in [2.24, 2.45) is 0 Å². The Bertz CT molecular complexity index is 699. The van der Waals surface area contributed by atoms with E-state index in [1.165, 1.54) is 18.4 Å². The molecule has 2 aromatic rings. The van der Waals surface area contributed by atoms with Crippen molar-refractivity contribution >= 4 is 50.6 Å². The fraction of sp³-hybridized carbons (Fsp3) is 0.200. The molecule has 4 nitrogen and oxygen atoms in total. The van der Waals surface area contributed by atoms with Crippen LogP contribution in [0.4, 0.5) is 0 Å². The van der Waals surface area contributed by atoms with Gasteiger partial charge in [0.2, 0.25) is 5.78 Å². The standard InChI is InChI=1S/C15H12BrClO4S/c1-20-12-3-2-10(17)6-9(12)7-15(19)21-8-11(18)13-4-5-14(16)22-13/h2-6H,7-8H2,1H3. The van der Waals surface area contributed by atoms with Gasteiger partial charge in [-0.1, -0.05) is 11.6 Å². The molecule has 0 radical (unpaired) electrons. The van der Waals surface area contributed by atoms with Crippen LogP contribution in [0.15, 0.2) is 34.1 Å². The Kier molecular flexibility index (Phi) is 5.99. The SMILES string of the molecule is COc1ccc(Cl)cc1CC(=O)OCC(=O)c1ccc(Br)s1. The molecule has 0 aliphatic heterocycles. The molecule has 0 N–H and O–H groups in total. The smallest absolute Gasteiger partial charge is 0.310 e. The maximum absolute atomic E-state index is 11.9. The fourth-order valence-electron chi connectivity index (χ4n) is 1.77. The third-order valence-electron chi connectivity index (χ3n) is 2.79. The van der Waals surface area contributed by atoms with Gasteiger partial charge in [-0.25, -0.2) is 0 Å². The lowest BCUT2D eigenvalue weighted by Gasteiger charge is -2.08. The Morgan fingerprint density at radius 3 is 2.68 bits per heavy atom. The van der Waals surface area contributed by atoms with Crippen molar-refractivity contribution in [2.75, 3.05) is 13.7 Å². The summed E-state index contributed by atoms with van der Waals surface area (Å²) in [6.45, 7) is -0.283. The predicted molar refractivity (Wildman–Crippen MR) is 89.0 cm³/mol. The van der Waals surface area contributed by atoms with Crippen LogP contribution < -0.4 is 4.74 Å². The van der Waals surface area contributed by atoms with Crippen molar-refractivity contribution in [1.82, 2.24) is 0 Å². The number of esters is 1. The van der Waals surface area contributed by atoms with Gasteiger partial charge in [-0.3, -0.25) is 9.59 Å². The van der Waals surface area contributed by atoms with Gasteiger partial charge in [0.1, 0.15) is 5.75 Å². The van der Waals surface area contributed by atoms with Crippen LogP contribution in [0.2, 0.25) is 5.02 Å². The van der Waals surface area contributed by atoms with E-state index in [0.29, 0.717) is 21.2 Å². The third-order valence-corrected chi connectivity index (χ3v) is 4.69. The average molecular weight is 404 g/mol. The Morgan fingerprint density at radius 1 is 1.27 bits per heavy atom. The first kappa shape index (κ1) is 17.0. The van der Waals surface area contributed by atoms with Crippen LogP contribution >= 0.6 is 38.9 Å². The molecule has 1 aromatic heterocycles. The van der Waals surface area contributed by atoms with E-state index in [4.69, 9.17) is 21.1 Å². The second-order valence-corrected chi connectivity index (χ2v) is 7.22. The maximum atomic E-state index is 11.9. The number of ketones is 1. The first-order chi connectivity index (χ1) is 10.5. The molecular weight excluding hydrogens is 392 g/mol. The number of carbonyl (C=O) groups is 2. The van der Waals surface area contributed by atoms with Crippen molar-refractivity contribution in [2.45, 2.75) is 6.42 Å². The lowest BCUT2D eigenvalue weighted by molar-refractivity contribution is -0.141. The van der Waals surface area contributed by atoms with Gasteiger partial charge in [0.05, 0.1) is 22.2 Å². The van der Waals surface area contributed by atoms with Gasteiger partial charge in [-0.15, -0.1) is 11.3 Å². The quantitative estimate of drug-likeness (QED) is 0.537. The van der Waals surface area contributed by atoms with Crippen LogP contribution in [-0.4, -0.2) is 25.5 Å². The first-order valence-corrected chi connectivity index (χ1v) is 8.25. The second-order valence-electron chi connectivity index (χ2n) is 4.32. The van der Waals surface area contributed by atoms with Gasteiger partial charge in [-0.2, -0.15) is 0 Å². The number of carbonyl (C=O) groups excluding carboxylic acids is 2. The number of Topliss-reactive ketones (excluding diaryl/α,β-unsaturated/α-hetero) is 1. The number of ether oxygens (including phenoxy) is 2. The Morgan fingerprint density at radius 2 is 2.05 bits per heavy atom. The average Bonchev–Trinajstić information content (AvgIpc) is 2.92. The highest BCUT2D eigenvalue weighted by atomic mass is 79.9. The van der Waals surface area contributed by atoms with Gasteiger partial charge < -0.3 is 9.47 Å². The molecule has 0 bridgehead atoms. The van der Waals surface area contributed by atoms with Crippen LogP contribution in [0, 0.1) is 0 Å². The molecule has 22 heavy (non-hydrogen) atoms. The van der Waals surface area contributed by atoms with Crippen molar-refractivity contribution in [3.05, 3.63) is 49.6 Å². The Labute approximate surface area is 145 Å². The van der Waals surface area contributed by atoms with Gasteiger partial charge in [0.25, 0.3) is 0 Å². The van der Waals surface area contributed by atoms with Gasteiger partial charge in [0.15, 0.2) is 6.61 Å². The molecule has 0 amide bonds. The molecule has 0 spiro atoms. The third kappa shape index (κ3) is 4.56. The molecule has 0 aliphatic rings. The van der Waals surface area contributed by atoms with E-state index in [1.807, 2.05) is 0 Å². The number of hydrogen-bond donors (Lipinski definition) is 0. The molecule has 0 saturated heterocycles. The van der Waals surface area contributed by atoms with E-state index in [-0.39, 0.29) is 18.8 Å². The van der Waals surface area contributed by atoms with E-state index < -0.39 is 5.97 Å². The minimum absolute atomic E-state index is 0.00878. The number of thiophene rings is 1. The van der Waals surface area contributed by atoms with Gasteiger partial charge >= 0.3 is 5.97 Å². The summed E-state index contributed by atoms with van der Waals surface area (Å²) in [7, 11) is 1.51. The summed E-state index contributed by atoms with van der Waals surface area (Å²) >= 11 is 10.5. The van der Waals surface area contributed by atoms with E-state index in [2.05, 4.69) is 15.9 Å². The van der Waals surface area contributed by atoms with E-state index in [0.717, 1.165) is 3.79 Å². The van der Waals surface area contributed by atoms with E-state index in [1.54, 1.807) is 30.3 Å². The minimum Gasteiger partial charge on any atom is -0.496 e. The van der Waals surface area contributed by atoms with Gasteiger partial charge in [0, 0.05) is 10.6 Å². The van der Waals surface area contributed by atoms with Crippen LogP contribution in [0.1, 0.15) is 15.2 Å². The molecular formula is C15H12BrClO4S. The predicted octanol–water partition coefficient (Wildman–Crippen LogP) is 4.14. The summed E-state index contributed by atoms with van der Waals surface area (Å²) in [6, 6.07) is 8.45. The summed E-state index contributed by atoms with van der Waals surface area (Å²) in [6.07, 6.45) is -0.00878. The van der Waals surface area contributed by atoms with Crippen LogP contribution in [0.5, 0.6) is 5.75 Å². The largest absolute Gasteiger partial charge is 0.496 e. The number of benzene rings is 1. The zero-order chi connectivity index (χ0) is 16.1. The highest BCUT2D eigenvalue weighted by Gasteiger charge is 2.14. The molecule has 0 fully saturated rings. The van der Waals surface area contributed by atoms with Crippen LogP contribution in [0.3, 0.4) is 0 Å². The number of rotatable bonds is 6. The second kappa shape index (κ2) is 7.76. The molecule has 116 valence electrons. The van der Waals surface area contributed by atoms with E-state index >= 15 is 0 Å². The molecule has 1 aromatic carbocycles. The summed E-state index contributed by atoms with van der Waals surface area (Å²) < 4.78 is 11.0. The Hall–Kier alpha value is -1.37. The summed E-state index contributed by atoms with van der Waals surface area (Å²) in [5.74, 6) is -0.193. The molecule has 7 heteroatoms. The number of hydrogen-bond acceptors (Lipinski definition) is 5. The highest BCUT2D eigenvalue weighted by molar-refractivity contribution is 9.11. The first-order valence-electron chi connectivity index (χ1n) is 6.26. The van der Waals surface area contributed by atoms with Crippen LogP contribution in [0.25, 0.3) is 0 Å². The monoisotopic (exact) mass is 402 g/mol. The molecule has 2 rings (SSSR count). The highest BCUT2D eigenvalue weighted by Crippen LogP contribution is 2.24. The van der Waals surface area contributed by atoms with Crippen LogP contribution in [-0.2, 0) is 16.0 Å². The normalized spacial score (nSPS) is 10.3. The number of methoxy groups -OCH3 is 1. The zero-order valence-electron chi connectivity index (χ0n) is 11.6. The molecule has 0 atom stereocenters. The van der Waals surface area contributed by atoms with Gasteiger partial charge in [-0.05, 0) is 46.3 Å². The minimum atomic E-state index is -0.510. The zero-order valence-corrected chi connectivity index (χ0v) is 14.8. The summed E-state index contributed by atoms with van der Waals surface area (Å²) in [4.78, 5) is 24.3. The fourth-order valence-corrected chi connectivity index (χ4v) is 3.28. The summed E-state index contributed by atoms with van der Waals surface area (Å²) in [5, 5.41) is 0.503. The van der Waals surface area contributed by atoms with Crippen molar-refractivity contribution < 1.29 is 19.1 Å². The lowest BCUT2D eigenvalue weighted by atomic mass is 10.1. The molecule has 0 aliphatic carbocycles. The lowest BCUT2D eigenvalue weighted by Crippen LogP contribution is -2.15. The van der Waals surface area contributed by atoms with E-state index in [9.17, 15) is 9.59 Å². The Balaban J connectivity index is 1.93. The molecule has 0 saturated carbocycles. The summed E-state index contributed by atoms with van der Waals surface area (Å²) in [5.41, 5.74) is 0.617. The topological polar surface area (TPSA) is 52.6 Å². The molecule has 1 heterocycles.